The van der Waals surface area contributed by atoms with Gasteiger partial charge in [0.25, 0.3) is 11.8 Å². The number of nitrogens with zero attached hydrogens (tertiary/aromatic N) is 4. The number of carbonyl (C=O) groups is 3. The summed E-state index contributed by atoms with van der Waals surface area (Å²) in [5.41, 5.74) is 0.983. The molecule has 2 atom stereocenters. The first kappa shape index (κ1) is 20.7. The number of anilines is 2. The van der Waals surface area contributed by atoms with Gasteiger partial charge in [0.1, 0.15) is 18.1 Å². The van der Waals surface area contributed by atoms with Crippen molar-refractivity contribution >= 4 is 40.7 Å². The quantitative estimate of drug-likeness (QED) is 0.713. The summed E-state index contributed by atoms with van der Waals surface area (Å²) < 4.78 is 18.8. The lowest BCUT2D eigenvalue weighted by atomic mass is 10.1. The average molecular weight is 446 g/mol. The van der Waals surface area contributed by atoms with E-state index in [-0.39, 0.29) is 22.9 Å². The van der Waals surface area contributed by atoms with Gasteiger partial charge in [0.05, 0.1) is 17.8 Å². The van der Waals surface area contributed by atoms with E-state index in [2.05, 4.69) is 15.7 Å². The maximum atomic E-state index is 13.7. The van der Waals surface area contributed by atoms with Crippen molar-refractivity contribution in [1.29, 1.82) is 0 Å². The van der Waals surface area contributed by atoms with Gasteiger partial charge in [-0.2, -0.15) is 5.11 Å². The first-order valence-electron chi connectivity index (χ1n) is 9.25. The molecule has 2 aromatic carbocycles. The van der Waals surface area contributed by atoms with Gasteiger partial charge in [-0.25, -0.2) is 9.29 Å². The van der Waals surface area contributed by atoms with Crippen LogP contribution in [0.25, 0.3) is 0 Å². The molecule has 2 aliphatic heterocycles. The number of halogens is 2. The average Bonchev–Trinajstić information content (AvgIpc) is 3.24. The molecule has 2 unspecified atom stereocenters. The summed E-state index contributed by atoms with van der Waals surface area (Å²) in [7, 11) is 1.45. The lowest BCUT2D eigenvalue weighted by Gasteiger charge is -2.20. The fraction of sp³-hybridized carbons (Fsp3) is 0.250. The first-order valence-corrected chi connectivity index (χ1v) is 9.62. The molecule has 4 rings (SSSR count). The molecule has 0 aliphatic carbocycles. The summed E-state index contributed by atoms with van der Waals surface area (Å²) in [6, 6.07) is 6.70. The van der Waals surface area contributed by atoms with Gasteiger partial charge in [-0.3, -0.25) is 19.4 Å². The van der Waals surface area contributed by atoms with Gasteiger partial charge in [-0.15, -0.1) is 0 Å². The molecule has 2 aliphatic rings. The van der Waals surface area contributed by atoms with Crippen molar-refractivity contribution in [3.05, 3.63) is 52.8 Å². The molecule has 31 heavy (non-hydrogen) atoms. The highest BCUT2D eigenvalue weighted by atomic mass is 35.5. The third kappa shape index (κ3) is 3.70. The fourth-order valence-electron chi connectivity index (χ4n) is 3.42. The molecule has 1 fully saturated rings. The van der Waals surface area contributed by atoms with Gasteiger partial charge in [-0.05, 0) is 42.8 Å². The highest BCUT2D eigenvalue weighted by Crippen LogP contribution is 2.35. The Hall–Kier alpha value is -3.53. The number of fused-ring (bicyclic) bond motifs is 1. The lowest BCUT2D eigenvalue weighted by molar-refractivity contribution is -0.123. The molecule has 0 radical (unpaired) electrons. The standard InChI is InChI=1S/C20H17ClFN5O4/c1-10-3-4-11(7-14(10)22)23-16(28)9-26-18-17(24-25-26)19(29)27(20(18)30)12-5-6-15(31-2)13(21)8-12/h3-8,17-18H,9H2,1-2H3,(H,23,28). The molecule has 1 saturated heterocycles. The predicted octanol–water partition coefficient (Wildman–Crippen LogP) is 2.73. The fourth-order valence-corrected chi connectivity index (χ4v) is 3.67. The number of amides is 3. The van der Waals surface area contributed by atoms with Crippen molar-refractivity contribution in [2.45, 2.75) is 19.0 Å². The third-order valence-electron chi connectivity index (χ3n) is 5.01. The number of imide groups is 1. The molecule has 0 spiro atoms. The number of methoxy groups -OCH3 is 1. The molecule has 11 heteroatoms. The minimum absolute atomic E-state index is 0.237. The topological polar surface area (TPSA) is 104 Å². The Kier molecular flexibility index (Phi) is 5.32. The number of hydrogen-bond donors (Lipinski definition) is 1. The van der Waals surface area contributed by atoms with E-state index in [4.69, 9.17) is 16.3 Å². The zero-order chi connectivity index (χ0) is 22.3. The second-order valence-electron chi connectivity index (χ2n) is 7.04. The van der Waals surface area contributed by atoms with Crippen LogP contribution in [-0.4, -0.2) is 48.5 Å². The van der Waals surface area contributed by atoms with Crippen LogP contribution in [0.15, 0.2) is 46.7 Å². The first-order chi connectivity index (χ1) is 14.8. The molecular formula is C20H17ClFN5O4. The Morgan fingerprint density at radius 1 is 1.23 bits per heavy atom. The molecule has 2 aromatic rings. The number of carbonyl (C=O) groups excluding carboxylic acids is 3. The second kappa shape index (κ2) is 7.95. The van der Waals surface area contributed by atoms with Crippen LogP contribution in [0.5, 0.6) is 5.75 Å². The third-order valence-corrected chi connectivity index (χ3v) is 5.31. The van der Waals surface area contributed by atoms with Crippen molar-refractivity contribution in [2.75, 3.05) is 23.9 Å². The van der Waals surface area contributed by atoms with Crippen LogP contribution in [0, 0.1) is 12.7 Å². The maximum Gasteiger partial charge on any atom is 0.263 e. The number of hydrogen-bond acceptors (Lipinski definition) is 7. The van der Waals surface area contributed by atoms with Crippen molar-refractivity contribution in [2.24, 2.45) is 10.3 Å². The minimum Gasteiger partial charge on any atom is -0.495 e. The summed E-state index contributed by atoms with van der Waals surface area (Å²) in [6.45, 7) is 1.27. The van der Waals surface area contributed by atoms with E-state index in [0.717, 1.165) is 9.91 Å². The van der Waals surface area contributed by atoms with E-state index >= 15 is 0 Å². The van der Waals surface area contributed by atoms with Crippen molar-refractivity contribution in [3.8, 4) is 5.75 Å². The monoisotopic (exact) mass is 445 g/mol. The maximum absolute atomic E-state index is 13.7. The molecule has 160 valence electrons. The summed E-state index contributed by atoms with van der Waals surface area (Å²) in [5, 5.41) is 11.6. The molecule has 3 amide bonds. The summed E-state index contributed by atoms with van der Waals surface area (Å²) in [5.74, 6) is -1.73. The van der Waals surface area contributed by atoms with Crippen LogP contribution in [0.1, 0.15) is 5.56 Å². The van der Waals surface area contributed by atoms with E-state index < -0.39 is 35.6 Å². The van der Waals surface area contributed by atoms with E-state index in [1.54, 1.807) is 19.1 Å². The molecule has 9 nitrogen and oxygen atoms in total. The highest BCUT2D eigenvalue weighted by Gasteiger charge is 2.55. The van der Waals surface area contributed by atoms with Crippen LogP contribution in [0.4, 0.5) is 15.8 Å². The van der Waals surface area contributed by atoms with Crippen molar-refractivity contribution in [3.63, 3.8) is 0 Å². The Morgan fingerprint density at radius 3 is 2.68 bits per heavy atom. The molecule has 0 bridgehead atoms. The van der Waals surface area contributed by atoms with Crippen LogP contribution in [0.2, 0.25) is 5.02 Å². The lowest BCUT2D eigenvalue weighted by Crippen LogP contribution is -2.43. The van der Waals surface area contributed by atoms with Gasteiger partial charge in [0, 0.05) is 5.69 Å². The summed E-state index contributed by atoms with van der Waals surface area (Å²) >= 11 is 6.11. The van der Waals surface area contributed by atoms with Crippen LogP contribution in [-0.2, 0) is 14.4 Å². The van der Waals surface area contributed by atoms with Crippen LogP contribution < -0.4 is 15.0 Å². The van der Waals surface area contributed by atoms with Crippen LogP contribution in [0.3, 0.4) is 0 Å². The zero-order valence-electron chi connectivity index (χ0n) is 16.5. The molecule has 0 saturated carbocycles. The Balaban J connectivity index is 1.49. The number of rotatable bonds is 5. The Labute approximate surface area is 181 Å². The smallest absolute Gasteiger partial charge is 0.263 e. The molecule has 2 heterocycles. The number of nitrogens with one attached hydrogen (secondary N) is 1. The normalized spacial score (nSPS) is 19.7. The molecule has 0 aromatic heterocycles. The largest absolute Gasteiger partial charge is 0.495 e. The van der Waals surface area contributed by atoms with Gasteiger partial charge >= 0.3 is 0 Å². The summed E-state index contributed by atoms with van der Waals surface area (Å²) in [4.78, 5) is 39.1. The number of ether oxygens (including phenoxy) is 1. The van der Waals surface area contributed by atoms with E-state index in [9.17, 15) is 18.8 Å². The van der Waals surface area contributed by atoms with Crippen molar-refractivity contribution < 1.29 is 23.5 Å². The Morgan fingerprint density at radius 2 is 2.00 bits per heavy atom. The number of aryl methyl sites for hydroxylation is 1. The number of benzene rings is 2. The predicted molar refractivity (Wildman–Crippen MR) is 109 cm³/mol. The van der Waals surface area contributed by atoms with Crippen LogP contribution >= 0.6 is 11.6 Å². The van der Waals surface area contributed by atoms with Gasteiger partial charge in [0.15, 0.2) is 12.1 Å². The zero-order valence-corrected chi connectivity index (χ0v) is 17.3. The van der Waals surface area contributed by atoms with E-state index in [0.29, 0.717) is 11.3 Å². The highest BCUT2D eigenvalue weighted by molar-refractivity contribution is 6.33. The molecular weight excluding hydrogens is 429 g/mol. The van der Waals surface area contributed by atoms with E-state index in [1.807, 2.05) is 0 Å². The van der Waals surface area contributed by atoms with Gasteiger partial charge in [-0.1, -0.05) is 22.9 Å². The SMILES string of the molecule is COc1ccc(N2C(=O)C3N=NN(CC(=O)Nc4ccc(C)c(F)c4)C3C2=O)cc1Cl. The minimum atomic E-state index is -1.06. The molecule has 1 N–H and O–H groups in total. The summed E-state index contributed by atoms with van der Waals surface area (Å²) in [6.07, 6.45) is 0. The second-order valence-corrected chi connectivity index (χ2v) is 7.44. The van der Waals surface area contributed by atoms with E-state index in [1.165, 1.54) is 31.4 Å². The van der Waals surface area contributed by atoms with Gasteiger partial charge < -0.3 is 10.1 Å². The van der Waals surface area contributed by atoms with Crippen molar-refractivity contribution in [1.82, 2.24) is 5.01 Å². The Bertz CT molecular complexity index is 1120. The van der Waals surface area contributed by atoms with Gasteiger partial charge in [0.2, 0.25) is 5.91 Å².